The fourth-order valence-corrected chi connectivity index (χ4v) is 2.98. The Labute approximate surface area is 162 Å². The van der Waals surface area contributed by atoms with Crippen LogP contribution in [0.15, 0.2) is 12.1 Å². The molecule has 0 atom stereocenters. The molecule has 0 N–H and O–H groups in total. The average Bonchev–Trinajstić information content (AvgIpc) is 2.67. The highest BCUT2D eigenvalue weighted by Crippen LogP contribution is 2.32. The van der Waals surface area contributed by atoms with Crippen molar-refractivity contribution in [3.63, 3.8) is 0 Å². The van der Waals surface area contributed by atoms with Gasteiger partial charge >= 0.3 is 0 Å². The lowest BCUT2D eigenvalue weighted by Gasteiger charge is -2.15. The largest absolute Gasteiger partial charge is 0.489 e. The van der Waals surface area contributed by atoms with Crippen LogP contribution in [0.4, 0.5) is 0 Å². The summed E-state index contributed by atoms with van der Waals surface area (Å²) in [6.07, 6.45) is 16.6. The zero-order chi connectivity index (χ0) is 18.9. The molecule has 0 aliphatic rings. The molecule has 26 heavy (non-hydrogen) atoms. The molecule has 0 amide bonds. The van der Waals surface area contributed by atoms with Crippen LogP contribution >= 0.6 is 0 Å². The fraction of sp³-hybridized carbons (Fsp3) is 0.667. The monoisotopic (exact) mass is 358 g/mol. The van der Waals surface area contributed by atoms with Gasteiger partial charge in [-0.3, -0.25) is 0 Å². The summed E-state index contributed by atoms with van der Waals surface area (Å²) >= 11 is 0. The molecule has 0 bridgehead atoms. The molecule has 0 aliphatic carbocycles. The van der Waals surface area contributed by atoms with Gasteiger partial charge in [0.2, 0.25) is 0 Å². The second kappa shape index (κ2) is 15.8. The minimum absolute atomic E-state index is 0.698. The highest BCUT2D eigenvalue weighted by atomic mass is 16.5. The van der Waals surface area contributed by atoms with Gasteiger partial charge in [-0.05, 0) is 18.9 Å². The highest BCUT2D eigenvalue weighted by molar-refractivity contribution is 5.60. The predicted octanol–water partition coefficient (Wildman–Crippen LogP) is 7.41. The molecule has 1 aromatic rings. The van der Waals surface area contributed by atoms with Gasteiger partial charge in [-0.15, -0.1) is 0 Å². The van der Waals surface area contributed by atoms with Crippen LogP contribution in [0.2, 0.25) is 0 Å². The SMILES string of the molecule is [CH]=Cc1cc[c]c(OCCCCCCCC)c1OCCCCCCCC. The maximum absolute atomic E-state index is 6.01. The molecular weight excluding hydrogens is 320 g/mol. The van der Waals surface area contributed by atoms with Gasteiger partial charge in [0.15, 0.2) is 11.5 Å². The minimum Gasteiger partial charge on any atom is -0.489 e. The summed E-state index contributed by atoms with van der Waals surface area (Å²) < 4.78 is 11.9. The maximum Gasteiger partial charge on any atom is 0.169 e. The number of hydrogen-bond donors (Lipinski definition) is 0. The fourth-order valence-electron chi connectivity index (χ4n) is 2.98. The van der Waals surface area contributed by atoms with Crippen molar-refractivity contribution in [2.24, 2.45) is 0 Å². The number of hydrogen-bond acceptors (Lipinski definition) is 2. The Bertz CT molecular complexity index is 467. The van der Waals surface area contributed by atoms with Crippen LogP contribution < -0.4 is 9.47 Å². The molecule has 0 unspecified atom stereocenters. The van der Waals surface area contributed by atoms with Gasteiger partial charge in [-0.1, -0.05) is 96.8 Å². The Morgan fingerprint density at radius 2 is 1.35 bits per heavy atom. The van der Waals surface area contributed by atoms with Crippen molar-refractivity contribution in [3.8, 4) is 11.5 Å². The van der Waals surface area contributed by atoms with Crippen molar-refractivity contribution >= 4 is 6.08 Å². The molecule has 146 valence electrons. The number of unbranched alkanes of at least 4 members (excludes halogenated alkanes) is 10. The van der Waals surface area contributed by atoms with E-state index in [2.05, 4.69) is 19.9 Å². The molecule has 1 aromatic carbocycles. The van der Waals surface area contributed by atoms with Crippen LogP contribution in [-0.4, -0.2) is 13.2 Å². The minimum atomic E-state index is 0.698. The summed E-state index contributed by atoms with van der Waals surface area (Å²) in [5.41, 5.74) is 0.882. The van der Waals surface area contributed by atoms with Gasteiger partial charge in [-0.2, -0.15) is 0 Å². The van der Waals surface area contributed by atoms with E-state index < -0.39 is 0 Å². The zero-order valence-corrected chi connectivity index (χ0v) is 17.0. The first-order valence-corrected chi connectivity index (χ1v) is 10.7. The molecule has 0 spiro atoms. The van der Waals surface area contributed by atoms with E-state index in [9.17, 15) is 0 Å². The van der Waals surface area contributed by atoms with Gasteiger partial charge in [0.1, 0.15) is 0 Å². The number of ether oxygens (including phenoxy) is 2. The number of rotatable bonds is 17. The average molecular weight is 359 g/mol. The molecule has 1 rings (SSSR count). The number of benzene rings is 1. The van der Waals surface area contributed by atoms with Gasteiger partial charge in [0.25, 0.3) is 0 Å². The molecule has 2 heteroatoms. The Hall–Kier alpha value is -1.44. The first-order chi connectivity index (χ1) is 12.8. The van der Waals surface area contributed by atoms with E-state index in [4.69, 9.17) is 16.1 Å². The lowest BCUT2D eigenvalue weighted by molar-refractivity contribution is 0.257. The lowest BCUT2D eigenvalue weighted by atomic mass is 10.1. The Morgan fingerprint density at radius 1 is 0.808 bits per heavy atom. The first-order valence-electron chi connectivity index (χ1n) is 10.7. The van der Waals surface area contributed by atoms with Gasteiger partial charge in [0, 0.05) is 11.6 Å². The molecule has 0 fully saturated rings. The van der Waals surface area contributed by atoms with Crippen LogP contribution in [0, 0.1) is 12.6 Å². The van der Waals surface area contributed by atoms with Crippen LogP contribution in [0.25, 0.3) is 6.08 Å². The van der Waals surface area contributed by atoms with Crippen molar-refractivity contribution in [2.75, 3.05) is 13.2 Å². The first kappa shape index (κ1) is 22.6. The van der Waals surface area contributed by atoms with Crippen molar-refractivity contribution in [1.82, 2.24) is 0 Å². The van der Waals surface area contributed by atoms with Crippen LogP contribution in [0.1, 0.15) is 96.5 Å². The van der Waals surface area contributed by atoms with Crippen LogP contribution in [-0.2, 0) is 0 Å². The van der Waals surface area contributed by atoms with E-state index in [0.717, 1.165) is 24.2 Å². The van der Waals surface area contributed by atoms with E-state index >= 15 is 0 Å². The topological polar surface area (TPSA) is 18.5 Å². The third-order valence-electron chi connectivity index (χ3n) is 4.61. The molecule has 2 nitrogen and oxygen atoms in total. The zero-order valence-electron chi connectivity index (χ0n) is 17.0. The Balaban J connectivity index is 2.37. The van der Waals surface area contributed by atoms with E-state index in [0.29, 0.717) is 19.0 Å². The normalized spacial score (nSPS) is 10.7. The van der Waals surface area contributed by atoms with Crippen molar-refractivity contribution < 1.29 is 9.47 Å². The summed E-state index contributed by atoms with van der Waals surface area (Å²) in [4.78, 5) is 0. The van der Waals surface area contributed by atoms with Gasteiger partial charge in [0.05, 0.1) is 13.2 Å². The van der Waals surface area contributed by atoms with Crippen molar-refractivity contribution in [1.29, 1.82) is 0 Å². The third kappa shape index (κ3) is 9.89. The van der Waals surface area contributed by atoms with E-state index in [1.54, 1.807) is 6.08 Å². The molecule has 0 aliphatic heterocycles. The summed E-state index contributed by atoms with van der Waals surface area (Å²) in [5.74, 6) is 1.44. The van der Waals surface area contributed by atoms with Gasteiger partial charge < -0.3 is 9.47 Å². The molecule has 0 heterocycles. The standard InChI is InChI=1S/C24H38O2/c1-4-7-9-11-13-15-20-25-23-19-17-18-22(6-3)24(23)26-21-16-14-12-10-8-5-2/h3,6,17-18H,4-5,7-16,20-21H2,1-2H3. The smallest absolute Gasteiger partial charge is 0.169 e. The molecule has 0 saturated carbocycles. The Morgan fingerprint density at radius 3 is 1.92 bits per heavy atom. The molecule has 0 aromatic heterocycles. The summed E-state index contributed by atoms with van der Waals surface area (Å²) in [7, 11) is 0. The van der Waals surface area contributed by atoms with E-state index in [1.807, 2.05) is 12.1 Å². The second-order valence-corrected chi connectivity index (χ2v) is 6.99. The highest BCUT2D eigenvalue weighted by Gasteiger charge is 2.09. The molecule has 2 radical (unpaired) electrons. The van der Waals surface area contributed by atoms with E-state index in [-0.39, 0.29) is 0 Å². The quantitative estimate of drug-likeness (QED) is 0.270. The van der Waals surface area contributed by atoms with Crippen LogP contribution in [0.3, 0.4) is 0 Å². The molecule has 0 saturated heterocycles. The summed E-state index contributed by atoms with van der Waals surface area (Å²) in [6.45, 7) is 11.7. The molecular formula is C24H38O2. The summed E-state index contributed by atoms with van der Waals surface area (Å²) in [5, 5.41) is 0. The second-order valence-electron chi connectivity index (χ2n) is 6.99. The third-order valence-corrected chi connectivity index (χ3v) is 4.61. The van der Waals surface area contributed by atoms with Crippen LogP contribution in [0.5, 0.6) is 11.5 Å². The Kier molecular flexibility index (Phi) is 13.7. The lowest BCUT2D eigenvalue weighted by Crippen LogP contribution is -2.04. The van der Waals surface area contributed by atoms with E-state index in [1.165, 1.54) is 64.2 Å². The van der Waals surface area contributed by atoms with Crippen molar-refractivity contribution in [2.45, 2.75) is 90.9 Å². The predicted molar refractivity (Wildman–Crippen MR) is 112 cm³/mol. The van der Waals surface area contributed by atoms with Crippen molar-refractivity contribution in [3.05, 3.63) is 30.3 Å². The summed E-state index contributed by atoms with van der Waals surface area (Å²) in [6, 6.07) is 6.95. The van der Waals surface area contributed by atoms with Gasteiger partial charge in [-0.25, -0.2) is 0 Å². The maximum atomic E-state index is 6.01.